The van der Waals surface area contributed by atoms with Crippen LogP contribution in [0.3, 0.4) is 0 Å². The third-order valence-corrected chi connectivity index (χ3v) is 6.81. The zero-order chi connectivity index (χ0) is 19.3. The highest BCUT2D eigenvalue weighted by Crippen LogP contribution is 2.59. The molecule has 0 aromatic rings. The average molecular weight is 375 g/mol. The van der Waals surface area contributed by atoms with Crippen molar-refractivity contribution in [1.29, 1.82) is 0 Å². The van der Waals surface area contributed by atoms with Gasteiger partial charge in [0.15, 0.2) is 0 Å². The van der Waals surface area contributed by atoms with Gasteiger partial charge < -0.3 is 5.32 Å². The molecular formula is C20H29N3O4. The molecule has 5 fully saturated rings. The number of hydrogen-bond donors (Lipinski definition) is 1. The van der Waals surface area contributed by atoms with E-state index in [0.29, 0.717) is 6.54 Å². The lowest BCUT2D eigenvalue weighted by Crippen LogP contribution is -2.52. The molecule has 5 amide bonds. The fraction of sp³-hybridized carbons (Fsp3) is 0.800. The molecule has 7 nitrogen and oxygen atoms in total. The number of carbonyl (C=O) groups is 4. The van der Waals surface area contributed by atoms with E-state index in [4.69, 9.17) is 0 Å². The van der Waals surface area contributed by atoms with Crippen molar-refractivity contribution >= 4 is 23.8 Å². The molecular weight excluding hydrogens is 346 g/mol. The van der Waals surface area contributed by atoms with E-state index < -0.39 is 17.8 Å². The van der Waals surface area contributed by atoms with Crippen LogP contribution in [0.25, 0.3) is 0 Å². The summed E-state index contributed by atoms with van der Waals surface area (Å²) < 4.78 is 0. The lowest BCUT2D eigenvalue weighted by molar-refractivity contribution is -0.144. The molecule has 7 heteroatoms. The Hall–Kier alpha value is -1.92. The maximum absolute atomic E-state index is 12.4. The molecule has 148 valence electrons. The van der Waals surface area contributed by atoms with Crippen LogP contribution in [-0.4, -0.2) is 53.2 Å². The highest BCUT2D eigenvalue weighted by atomic mass is 16.2. The van der Waals surface area contributed by atoms with E-state index in [1.165, 1.54) is 38.5 Å². The molecule has 1 N–H and O–H groups in total. The van der Waals surface area contributed by atoms with Crippen LogP contribution in [0.1, 0.15) is 52.4 Å². The molecule has 0 unspecified atom stereocenters. The number of urea groups is 1. The van der Waals surface area contributed by atoms with Gasteiger partial charge in [0.25, 0.3) is 0 Å². The largest absolute Gasteiger partial charge is 0.354 e. The van der Waals surface area contributed by atoms with Gasteiger partial charge in [-0.1, -0.05) is 13.8 Å². The van der Waals surface area contributed by atoms with Crippen LogP contribution in [-0.2, 0) is 14.4 Å². The summed E-state index contributed by atoms with van der Waals surface area (Å²) in [7, 11) is 0. The van der Waals surface area contributed by atoms with Gasteiger partial charge in [0, 0.05) is 13.1 Å². The van der Waals surface area contributed by atoms with Crippen molar-refractivity contribution in [1.82, 2.24) is 15.1 Å². The Morgan fingerprint density at radius 3 is 2.04 bits per heavy atom. The number of hydrogen-bond acceptors (Lipinski definition) is 4. The van der Waals surface area contributed by atoms with E-state index >= 15 is 0 Å². The maximum Gasteiger partial charge on any atom is 0.334 e. The van der Waals surface area contributed by atoms with Crippen LogP contribution in [0.2, 0.25) is 0 Å². The highest BCUT2D eigenvalue weighted by Gasteiger charge is 2.51. The Morgan fingerprint density at radius 1 is 1.00 bits per heavy atom. The Balaban J connectivity index is 1.34. The standard InChI is InChI=1S/C20H29N3O4/c1-12(2)9-22-17(25)18(26)23(19(22)27)10-16(24)21-11-20-6-13-3-14(7-20)5-15(4-13)8-20/h12-15H,3-11H2,1-2H3,(H,21,24). The zero-order valence-corrected chi connectivity index (χ0v) is 16.2. The van der Waals surface area contributed by atoms with Crippen molar-refractivity contribution in [3.63, 3.8) is 0 Å². The van der Waals surface area contributed by atoms with Crippen LogP contribution in [0.15, 0.2) is 0 Å². The fourth-order valence-corrected chi connectivity index (χ4v) is 6.21. The van der Waals surface area contributed by atoms with Crippen LogP contribution < -0.4 is 5.32 Å². The van der Waals surface area contributed by atoms with Crippen LogP contribution in [0.4, 0.5) is 4.79 Å². The molecule has 4 saturated carbocycles. The van der Waals surface area contributed by atoms with Crippen molar-refractivity contribution in [2.75, 3.05) is 19.6 Å². The molecule has 0 aromatic heterocycles. The minimum Gasteiger partial charge on any atom is -0.354 e. The van der Waals surface area contributed by atoms with Gasteiger partial charge in [-0.15, -0.1) is 0 Å². The minimum absolute atomic E-state index is 0.0653. The molecule has 1 saturated heterocycles. The molecule has 5 aliphatic rings. The lowest BCUT2D eigenvalue weighted by Gasteiger charge is -2.56. The third kappa shape index (κ3) is 3.36. The average Bonchev–Trinajstić information content (AvgIpc) is 2.77. The Bertz CT molecular complexity index is 651. The van der Waals surface area contributed by atoms with Crippen LogP contribution in [0, 0.1) is 29.1 Å². The summed E-state index contributed by atoms with van der Waals surface area (Å²) in [5, 5.41) is 2.96. The third-order valence-electron chi connectivity index (χ3n) is 6.81. The molecule has 0 spiro atoms. The first-order valence-electron chi connectivity index (χ1n) is 10.2. The van der Waals surface area contributed by atoms with Crippen molar-refractivity contribution in [3.05, 3.63) is 0 Å². The molecule has 0 aromatic carbocycles. The van der Waals surface area contributed by atoms with Gasteiger partial charge >= 0.3 is 17.8 Å². The van der Waals surface area contributed by atoms with Crippen LogP contribution in [0.5, 0.6) is 0 Å². The molecule has 1 heterocycles. The van der Waals surface area contributed by atoms with Gasteiger partial charge in [0.1, 0.15) is 6.54 Å². The molecule has 1 aliphatic heterocycles. The van der Waals surface area contributed by atoms with E-state index in [9.17, 15) is 19.2 Å². The number of nitrogens with zero attached hydrogens (tertiary/aromatic N) is 2. The van der Waals surface area contributed by atoms with Gasteiger partial charge in [-0.3, -0.25) is 19.3 Å². The van der Waals surface area contributed by atoms with Gasteiger partial charge in [0.05, 0.1) is 0 Å². The smallest absolute Gasteiger partial charge is 0.334 e. The van der Waals surface area contributed by atoms with E-state index in [1.807, 2.05) is 13.8 Å². The highest BCUT2D eigenvalue weighted by molar-refractivity contribution is 6.45. The van der Waals surface area contributed by atoms with E-state index in [2.05, 4.69) is 5.32 Å². The Kier molecular flexibility index (Phi) is 4.51. The Labute approximate surface area is 159 Å². The predicted octanol–water partition coefficient (Wildman–Crippen LogP) is 1.77. The second kappa shape index (κ2) is 6.60. The number of imide groups is 2. The summed E-state index contributed by atoms with van der Waals surface area (Å²) >= 11 is 0. The predicted molar refractivity (Wildman–Crippen MR) is 97.3 cm³/mol. The zero-order valence-electron chi connectivity index (χ0n) is 16.2. The topological polar surface area (TPSA) is 86.8 Å². The first-order chi connectivity index (χ1) is 12.8. The number of amides is 5. The first-order valence-corrected chi connectivity index (χ1v) is 10.2. The molecule has 27 heavy (non-hydrogen) atoms. The second-order valence-electron chi connectivity index (χ2n) is 9.68. The van der Waals surface area contributed by atoms with E-state index in [1.54, 1.807) is 0 Å². The summed E-state index contributed by atoms with van der Waals surface area (Å²) in [5.74, 6) is 0.390. The van der Waals surface area contributed by atoms with Crippen molar-refractivity contribution in [2.24, 2.45) is 29.1 Å². The van der Waals surface area contributed by atoms with Crippen molar-refractivity contribution in [3.8, 4) is 0 Å². The van der Waals surface area contributed by atoms with Crippen molar-refractivity contribution in [2.45, 2.75) is 52.4 Å². The van der Waals surface area contributed by atoms with Gasteiger partial charge in [0.2, 0.25) is 5.91 Å². The maximum atomic E-state index is 12.4. The second-order valence-corrected chi connectivity index (χ2v) is 9.68. The molecule has 4 bridgehead atoms. The van der Waals surface area contributed by atoms with E-state index in [-0.39, 0.29) is 30.3 Å². The molecule has 0 atom stereocenters. The van der Waals surface area contributed by atoms with Gasteiger partial charge in [-0.2, -0.15) is 0 Å². The monoisotopic (exact) mass is 375 g/mol. The summed E-state index contributed by atoms with van der Waals surface area (Å²) in [6.45, 7) is 4.17. The molecule has 0 radical (unpaired) electrons. The summed E-state index contributed by atoms with van der Waals surface area (Å²) in [5.41, 5.74) is 0.197. The van der Waals surface area contributed by atoms with Crippen molar-refractivity contribution < 1.29 is 19.2 Å². The normalized spacial score (nSPS) is 34.9. The number of rotatable bonds is 6. The quantitative estimate of drug-likeness (QED) is 0.566. The van der Waals surface area contributed by atoms with Gasteiger partial charge in [-0.05, 0) is 67.6 Å². The number of nitrogens with one attached hydrogen (secondary N) is 1. The molecule has 4 aliphatic carbocycles. The number of carbonyl (C=O) groups excluding carboxylic acids is 4. The lowest BCUT2D eigenvalue weighted by atomic mass is 9.49. The van der Waals surface area contributed by atoms with Gasteiger partial charge in [-0.25, -0.2) is 9.69 Å². The van der Waals surface area contributed by atoms with E-state index in [0.717, 1.165) is 27.6 Å². The van der Waals surface area contributed by atoms with Crippen LogP contribution >= 0.6 is 0 Å². The first kappa shape index (κ1) is 18.4. The summed E-state index contributed by atoms with van der Waals surface area (Å²) in [4.78, 5) is 50.6. The molecule has 5 rings (SSSR count). The summed E-state index contributed by atoms with van der Waals surface area (Å²) in [6.07, 6.45) is 7.58. The fourth-order valence-electron chi connectivity index (χ4n) is 6.21. The summed E-state index contributed by atoms with van der Waals surface area (Å²) in [6, 6.07) is -0.677. The minimum atomic E-state index is -0.898. The Morgan fingerprint density at radius 2 is 1.52 bits per heavy atom. The SMILES string of the molecule is CC(C)CN1C(=O)C(=O)N(CC(=O)NCC23CC4CC(CC(C4)C2)C3)C1=O.